The van der Waals surface area contributed by atoms with E-state index in [0.717, 1.165) is 76.8 Å². The van der Waals surface area contributed by atoms with E-state index < -0.39 is 0 Å². The number of aryl methyl sites for hydroxylation is 1. The number of hydrogen-bond donors (Lipinski definition) is 1. The Morgan fingerprint density at radius 3 is 2.44 bits per heavy atom. The summed E-state index contributed by atoms with van der Waals surface area (Å²) in [5, 5.41) is 10.1. The molecule has 0 bridgehead atoms. The quantitative estimate of drug-likeness (QED) is 0.186. The molecule has 0 aliphatic carbocycles. The van der Waals surface area contributed by atoms with Crippen LogP contribution in [0.15, 0.2) is 107 Å². The van der Waals surface area contributed by atoms with Gasteiger partial charge >= 0.3 is 0 Å². The Labute approximate surface area is 256 Å². The number of nitrogens with zero attached hydrogens (tertiary/aromatic N) is 6. The number of hydrogen-bond acceptors (Lipinski definition) is 7. The van der Waals surface area contributed by atoms with Crippen molar-refractivity contribution in [2.45, 2.75) is 53.9 Å². The first-order valence-corrected chi connectivity index (χ1v) is 14.9. The number of aromatic nitrogens is 1. The molecule has 220 valence electrons. The number of allylic oxidation sites excluding steroid dienone is 3. The zero-order valence-electron chi connectivity index (χ0n) is 25.9. The van der Waals surface area contributed by atoms with E-state index in [-0.39, 0.29) is 5.82 Å². The Hall–Kier alpha value is -4.96. The zero-order chi connectivity index (χ0) is 30.9. The minimum absolute atomic E-state index is 0.174. The smallest absolute Gasteiger partial charge is 0.133 e. The lowest BCUT2D eigenvalue weighted by atomic mass is 9.93. The van der Waals surface area contributed by atoms with Crippen LogP contribution < -0.4 is 10.6 Å². The number of pyridine rings is 1. The van der Waals surface area contributed by atoms with Gasteiger partial charge in [-0.05, 0) is 62.9 Å². The Morgan fingerprint density at radius 2 is 1.84 bits per heavy atom. The van der Waals surface area contributed by atoms with Crippen molar-refractivity contribution >= 4 is 28.6 Å². The minimum atomic E-state index is 0.174. The van der Waals surface area contributed by atoms with E-state index in [1.807, 2.05) is 31.3 Å². The number of rotatable bonds is 11. The largest absolute Gasteiger partial charge is 0.384 e. The average molecular weight is 572 g/mol. The summed E-state index contributed by atoms with van der Waals surface area (Å²) in [6, 6.07) is 23.2. The summed E-state index contributed by atoms with van der Waals surface area (Å²) < 4.78 is 0. The van der Waals surface area contributed by atoms with Crippen molar-refractivity contribution in [3.8, 4) is 17.2 Å². The molecule has 7 nitrogen and oxygen atoms in total. The van der Waals surface area contributed by atoms with Gasteiger partial charge in [-0.3, -0.25) is 9.88 Å². The van der Waals surface area contributed by atoms with Gasteiger partial charge in [-0.1, -0.05) is 69.8 Å². The van der Waals surface area contributed by atoms with Crippen molar-refractivity contribution in [1.29, 1.82) is 5.26 Å². The standard InChI is InChI=1S/C36H41N7/c1-7-14-34-36-31(28-19-20-29(9-3)39-23-28)17-13-18-33(36)41-35(43(34)30-15-11-10-12-16-30)24-42(21-8-2)26(5)32(22-37)25(4)40-27(6)38/h10-20,23H,6-9,21,24,38H2,1-5H3/b32-26+,34-14+,40-25?. The molecule has 3 aromatic rings. The number of para-hydroxylation sites is 1. The van der Waals surface area contributed by atoms with E-state index in [9.17, 15) is 5.26 Å². The van der Waals surface area contributed by atoms with Crippen LogP contribution in [0, 0.1) is 11.3 Å². The van der Waals surface area contributed by atoms with Crippen LogP contribution in [-0.4, -0.2) is 34.5 Å². The lowest BCUT2D eigenvalue weighted by molar-refractivity contribution is 0.388. The van der Waals surface area contributed by atoms with Gasteiger partial charge in [0.15, 0.2) is 0 Å². The van der Waals surface area contributed by atoms with Gasteiger partial charge in [-0.2, -0.15) is 5.26 Å². The van der Waals surface area contributed by atoms with E-state index in [1.165, 1.54) is 0 Å². The van der Waals surface area contributed by atoms with Crippen LogP contribution in [0.5, 0.6) is 0 Å². The fourth-order valence-electron chi connectivity index (χ4n) is 5.39. The molecule has 4 rings (SSSR count). The van der Waals surface area contributed by atoms with Gasteiger partial charge in [0.05, 0.1) is 29.2 Å². The fourth-order valence-corrected chi connectivity index (χ4v) is 5.39. The molecule has 1 aliphatic heterocycles. The molecule has 2 aromatic carbocycles. The van der Waals surface area contributed by atoms with Crippen LogP contribution in [0.1, 0.15) is 58.7 Å². The summed E-state index contributed by atoms with van der Waals surface area (Å²) in [4.78, 5) is 18.7. The molecule has 0 radical (unpaired) electrons. The lowest BCUT2D eigenvalue weighted by Gasteiger charge is -2.37. The number of nitrogens with two attached hydrogens (primary N) is 1. The van der Waals surface area contributed by atoms with Crippen LogP contribution in [0.25, 0.3) is 16.8 Å². The first kappa shape index (κ1) is 31.0. The number of amidine groups is 1. The van der Waals surface area contributed by atoms with E-state index in [0.29, 0.717) is 17.8 Å². The molecule has 0 unspecified atom stereocenters. The molecule has 0 saturated heterocycles. The van der Waals surface area contributed by atoms with E-state index >= 15 is 0 Å². The molecular weight excluding hydrogens is 530 g/mol. The molecule has 43 heavy (non-hydrogen) atoms. The molecule has 0 fully saturated rings. The highest BCUT2D eigenvalue weighted by Crippen LogP contribution is 2.43. The second kappa shape index (κ2) is 14.3. The third-order valence-electron chi connectivity index (χ3n) is 7.40. The van der Waals surface area contributed by atoms with Crippen LogP contribution in [0.3, 0.4) is 0 Å². The minimum Gasteiger partial charge on any atom is -0.384 e. The molecule has 1 aromatic heterocycles. The first-order chi connectivity index (χ1) is 20.8. The van der Waals surface area contributed by atoms with Gasteiger partial charge in [0, 0.05) is 40.9 Å². The van der Waals surface area contributed by atoms with Gasteiger partial charge < -0.3 is 10.6 Å². The molecule has 1 aliphatic rings. The second-order valence-electron chi connectivity index (χ2n) is 10.5. The Morgan fingerprint density at radius 1 is 1.07 bits per heavy atom. The Kier molecular flexibility index (Phi) is 10.3. The van der Waals surface area contributed by atoms with Crippen LogP contribution >= 0.6 is 0 Å². The van der Waals surface area contributed by atoms with Gasteiger partial charge in [0.1, 0.15) is 17.7 Å². The number of aliphatic imine (C=N–C) groups is 2. The number of benzene rings is 2. The molecule has 0 saturated carbocycles. The van der Waals surface area contributed by atoms with Crippen molar-refractivity contribution in [2.24, 2.45) is 15.7 Å². The lowest BCUT2D eigenvalue weighted by Crippen LogP contribution is -2.41. The monoisotopic (exact) mass is 571 g/mol. The Bertz CT molecular complexity index is 1620. The number of nitriles is 1. The molecule has 0 spiro atoms. The number of fused-ring (bicyclic) bond motifs is 1. The third kappa shape index (κ3) is 6.92. The Balaban J connectivity index is 1.93. The number of anilines is 1. The van der Waals surface area contributed by atoms with Crippen molar-refractivity contribution in [1.82, 2.24) is 9.88 Å². The van der Waals surface area contributed by atoms with Crippen LogP contribution in [0.4, 0.5) is 11.4 Å². The van der Waals surface area contributed by atoms with Crippen molar-refractivity contribution < 1.29 is 0 Å². The van der Waals surface area contributed by atoms with Crippen molar-refractivity contribution in [3.05, 3.63) is 108 Å². The van der Waals surface area contributed by atoms with Crippen LogP contribution in [-0.2, 0) is 6.42 Å². The molecular formula is C36H41N7. The maximum Gasteiger partial charge on any atom is 0.133 e. The van der Waals surface area contributed by atoms with Crippen LogP contribution in [0.2, 0.25) is 0 Å². The normalized spacial score (nSPS) is 14.5. The molecule has 0 atom stereocenters. The topological polar surface area (TPSA) is 93.9 Å². The SMILES string of the molecule is C=C(N)N=C(C)/C(C#N)=C(\C)N(CCC)CC1=Nc2cccc(-c3ccc(CC)nc3)c2/C(=C\CC)N1c1ccccc1. The fraction of sp³-hybridized carbons (Fsp3) is 0.278. The molecule has 0 amide bonds. The first-order valence-electron chi connectivity index (χ1n) is 14.9. The van der Waals surface area contributed by atoms with Crippen molar-refractivity contribution in [3.63, 3.8) is 0 Å². The zero-order valence-corrected chi connectivity index (χ0v) is 25.9. The molecule has 2 heterocycles. The predicted molar refractivity (Wildman–Crippen MR) is 180 cm³/mol. The van der Waals surface area contributed by atoms with E-state index in [4.69, 9.17) is 15.7 Å². The maximum atomic E-state index is 10.1. The third-order valence-corrected chi connectivity index (χ3v) is 7.40. The van der Waals surface area contributed by atoms with Gasteiger partial charge in [0.25, 0.3) is 0 Å². The van der Waals surface area contributed by atoms with Crippen molar-refractivity contribution in [2.75, 3.05) is 18.0 Å². The summed E-state index contributed by atoms with van der Waals surface area (Å²) >= 11 is 0. The molecule has 7 heteroatoms. The van der Waals surface area contributed by atoms with E-state index in [2.05, 4.69) is 96.8 Å². The highest BCUT2D eigenvalue weighted by atomic mass is 15.3. The maximum absolute atomic E-state index is 10.1. The second-order valence-corrected chi connectivity index (χ2v) is 10.5. The molecule has 2 N–H and O–H groups in total. The predicted octanol–water partition coefficient (Wildman–Crippen LogP) is 8.01. The van der Waals surface area contributed by atoms with Gasteiger partial charge in [-0.15, -0.1) is 0 Å². The summed E-state index contributed by atoms with van der Waals surface area (Å²) in [6.45, 7) is 15.1. The average Bonchev–Trinajstić information content (AvgIpc) is 3.01. The van der Waals surface area contributed by atoms with Gasteiger partial charge in [-0.25, -0.2) is 9.98 Å². The summed E-state index contributed by atoms with van der Waals surface area (Å²) in [5.41, 5.74) is 14.9. The highest BCUT2D eigenvalue weighted by molar-refractivity contribution is 6.16. The highest BCUT2D eigenvalue weighted by Gasteiger charge is 2.30. The summed E-state index contributed by atoms with van der Waals surface area (Å²) in [5.74, 6) is 1.05. The summed E-state index contributed by atoms with van der Waals surface area (Å²) in [7, 11) is 0. The summed E-state index contributed by atoms with van der Waals surface area (Å²) in [6.07, 6.45) is 6.88. The van der Waals surface area contributed by atoms with Gasteiger partial charge in [0.2, 0.25) is 0 Å². The van der Waals surface area contributed by atoms with E-state index in [1.54, 1.807) is 6.92 Å².